The zero-order valence-electron chi connectivity index (χ0n) is 17.2. The first-order valence-electron chi connectivity index (χ1n) is 10.8. The molecule has 0 N–H and O–H groups in total. The summed E-state index contributed by atoms with van der Waals surface area (Å²) in [7, 11) is -3.37. The van der Waals surface area contributed by atoms with Crippen LogP contribution in [0.2, 0.25) is 0 Å². The Hall–Kier alpha value is -2.10. The van der Waals surface area contributed by atoms with Gasteiger partial charge < -0.3 is 0 Å². The summed E-state index contributed by atoms with van der Waals surface area (Å²) in [5.74, 6) is 0.270. The van der Waals surface area contributed by atoms with Gasteiger partial charge in [-0.15, -0.1) is 0 Å². The average Bonchev–Trinajstić information content (AvgIpc) is 3.06. The highest BCUT2D eigenvalue weighted by atomic mass is 32.2. The SMILES string of the molecule is O=c1cc(-c2ccncc2)ncn1CC1CCN(S(=O)(=O)N2CCCCCC2)CC1. The van der Waals surface area contributed by atoms with Gasteiger partial charge in [-0.3, -0.25) is 14.3 Å². The monoisotopic (exact) mass is 431 g/mol. The summed E-state index contributed by atoms with van der Waals surface area (Å²) in [6, 6.07) is 5.20. The minimum Gasteiger partial charge on any atom is -0.299 e. The third-order valence-electron chi connectivity index (χ3n) is 6.10. The van der Waals surface area contributed by atoms with Crippen molar-refractivity contribution in [2.45, 2.75) is 45.1 Å². The zero-order chi connectivity index (χ0) is 21.0. The van der Waals surface area contributed by atoms with Crippen LogP contribution in [-0.4, -0.2) is 57.7 Å². The Kier molecular flexibility index (Phi) is 6.60. The highest BCUT2D eigenvalue weighted by molar-refractivity contribution is 7.86. The molecule has 0 unspecified atom stereocenters. The fourth-order valence-corrected chi connectivity index (χ4v) is 6.00. The van der Waals surface area contributed by atoms with E-state index in [1.165, 1.54) is 0 Å². The molecule has 0 amide bonds. The van der Waals surface area contributed by atoms with Gasteiger partial charge in [-0.2, -0.15) is 17.0 Å². The van der Waals surface area contributed by atoms with Crippen molar-refractivity contribution in [1.82, 2.24) is 23.1 Å². The van der Waals surface area contributed by atoms with E-state index in [9.17, 15) is 13.2 Å². The van der Waals surface area contributed by atoms with Crippen LogP contribution in [0, 0.1) is 5.92 Å². The van der Waals surface area contributed by atoms with E-state index in [1.54, 1.807) is 38.0 Å². The number of hydrogen-bond acceptors (Lipinski definition) is 5. The number of hydrogen-bond donors (Lipinski definition) is 0. The van der Waals surface area contributed by atoms with Crippen LogP contribution in [0.3, 0.4) is 0 Å². The van der Waals surface area contributed by atoms with Crippen molar-refractivity contribution < 1.29 is 8.42 Å². The topological polar surface area (TPSA) is 88.4 Å². The normalized spacial score (nSPS) is 20.1. The Labute approximate surface area is 177 Å². The lowest BCUT2D eigenvalue weighted by Gasteiger charge is -2.34. The minimum atomic E-state index is -3.37. The first-order valence-corrected chi connectivity index (χ1v) is 12.2. The van der Waals surface area contributed by atoms with Crippen molar-refractivity contribution in [1.29, 1.82) is 0 Å². The van der Waals surface area contributed by atoms with E-state index < -0.39 is 10.2 Å². The van der Waals surface area contributed by atoms with E-state index in [-0.39, 0.29) is 11.5 Å². The third-order valence-corrected chi connectivity index (χ3v) is 8.14. The first kappa shape index (κ1) is 21.1. The van der Waals surface area contributed by atoms with E-state index in [4.69, 9.17) is 0 Å². The van der Waals surface area contributed by atoms with Gasteiger partial charge in [0.2, 0.25) is 0 Å². The fourth-order valence-electron chi connectivity index (χ4n) is 4.28. The molecule has 9 heteroatoms. The molecule has 2 aliphatic heterocycles. The molecule has 0 aromatic carbocycles. The van der Waals surface area contributed by atoms with Gasteiger partial charge in [0.1, 0.15) is 0 Å². The van der Waals surface area contributed by atoms with Gasteiger partial charge in [-0.05, 0) is 43.7 Å². The summed E-state index contributed by atoms with van der Waals surface area (Å²) in [6.07, 6.45) is 10.6. The van der Waals surface area contributed by atoms with E-state index in [2.05, 4.69) is 9.97 Å². The van der Waals surface area contributed by atoms with E-state index in [0.29, 0.717) is 38.4 Å². The number of pyridine rings is 1. The van der Waals surface area contributed by atoms with Crippen LogP contribution in [-0.2, 0) is 16.8 Å². The van der Waals surface area contributed by atoms with E-state index >= 15 is 0 Å². The lowest BCUT2D eigenvalue weighted by molar-refractivity contribution is 0.236. The Balaban J connectivity index is 1.36. The molecule has 2 saturated heterocycles. The molecule has 2 aliphatic rings. The van der Waals surface area contributed by atoms with Crippen LogP contribution in [0.1, 0.15) is 38.5 Å². The zero-order valence-corrected chi connectivity index (χ0v) is 18.0. The molecule has 4 rings (SSSR count). The Morgan fingerprint density at radius 3 is 2.20 bits per heavy atom. The van der Waals surface area contributed by atoms with Crippen LogP contribution in [0.5, 0.6) is 0 Å². The molecule has 2 aromatic heterocycles. The summed E-state index contributed by atoms with van der Waals surface area (Å²) >= 11 is 0. The molecule has 2 aromatic rings. The predicted molar refractivity (Wildman–Crippen MR) is 115 cm³/mol. The molecule has 0 saturated carbocycles. The van der Waals surface area contributed by atoms with Crippen LogP contribution in [0.4, 0.5) is 0 Å². The predicted octanol–water partition coefficient (Wildman–Crippen LogP) is 2.14. The summed E-state index contributed by atoms with van der Waals surface area (Å²) in [5.41, 5.74) is 1.41. The van der Waals surface area contributed by atoms with Crippen molar-refractivity contribution in [2.24, 2.45) is 5.92 Å². The van der Waals surface area contributed by atoms with E-state index in [0.717, 1.165) is 44.1 Å². The molecule has 162 valence electrons. The standard InChI is InChI=1S/C21H29N5O3S/c27-21-15-20(19-5-9-22-10-6-19)23-17-24(21)16-18-7-13-26(14-8-18)30(28,29)25-11-3-1-2-4-12-25/h5-6,9-10,15,17-18H,1-4,7-8,11-14,16H2. The second-order valence-electron chi connectivity index (χ2n) is 8.16. The smallest absolute Gasteiger partial charge is 0.281 e. The van der Waals surface area contributed by atoms with Gasteiger partial charge in [0.25, 0.3) is 15.8 Å². The number of rotatable bonds is 5. The van der Waals surface area contributed by atoms with Crippen LogP contribution in [0.25, 0.3) is 11.3 Å². The molecule has 0 atom stereocenters. The van der Waals surface area contributed by atoms with Crippen molar-refractivity contribution in [3.05, 3.63) is 47.3 Å². The summed E-state index contributed by atoms with van der Waals surface area (Å²) in [5, 5.41) is 0. The quantitative estimate of drug-likeness (QED) is 0.724. The molecule has 0 spiro atoms. The van der Waals surface area contributed by atoms with Gasteiger partial charge in [0.15, 0.2) is 0 Å². The molecular weight excluding hydrogens is 402 g/mol. The third kappa shape index (κ3) is 4.79. The lowest BCUT2D eigenvalue weighted by atomic mass is 9.98. The van der Waals surface area contributed by atoms with Crippen molar-refractivity contribution in [3.63, 3.8) is 0 Å². The van der Waals surface area contributed by atoms with Crippen LogP contribution < -0.4 is 5.56 Å². The van der Waals surface area contributed by atoms with Crippen LogP contribution in [0.15, 0.2) is 41.7 Å². The van der Waals surface area contributed by atoms with Gasteiger partial charge >= 0.3 is 0 Å². The molecule has 8 nitrogen and oxygen atoms in total. The van der Waals surface area contributed by atoms with Crippen molar-refractivity contribution in [3.8, 4) is 11.3 Å². The first-order chi connectivity index (χ1) is 14.5. The van der Waals surface area contributed by atoms with Crippen molar-refractivity contribution >= 4 is 10.2 Å². The highest BCUT2D eigenvalue weighted by Gasteiger charge is 2.33. The molecule has 0 bridgehead atoms. The molecule has 0 radical (unpaired) electrons. The largest absolute Gasteiger partial charge is 0.299 e. The maximum atomic E-state index is 13.0. The Morgan fingerprint density at radius 2 is 1.57 bits per heavy atom. The minimum absolute atomic E-state index is 0.0866. The summed E-state index contributed by atoms with van der Waals surface area (Å²) in [4.78, 5) is 21.0. The second-order valence-corrected chi connectivity index (χ2v) is 10.1. The summed E-state index contributed by atoms with van der Waals surface area (Å²) in [6.45, 7) is 2.86. The molecular formula is C21H29N5O3S. The van der Waals surface area contributed by atoms with Gasteiger partial charge in [-0.25, -0.2) is 4.98 Å². The maximum absolute atomic E-state index is 13.0. The lowest BCUT2D eigenvalue weighted by Crippen LogP contribution is -2.48. The number of piperidine rings is 1. The van der Waals surface area contributed by atoms with Crippen molar-refractivity contribution in [2.75, 3.05) is 26.2 Å². The molecule has 30 heavy (non-hydrogen) atoms. The van der Waals surface area contributed by atoms with E-state index in [1.807, 2.05) is 12.1 Å². The fraction of sp³-hybridized carbons (Fsp3) is 0.571. The maximum Gasteiger partial charge on any atom is 0.281 e. The van der Waals surface area contributed by atoms with Gasteiger partial charge in [0.05, 0.1) is 12.0 Å². The second kappa shape index (κ2) is 9.36. The van der Waals surface area contributed by atoms with Gasteiger partial charge in [-0.1, -0.05) is 12.8 Å². The van der Waals surface area contributed by atoms with Crippen LogP contribution >= 0.6 is 0 Å². The Bertz CT molecular complexity index is 993. The highest BCUT2D eigenvalue weighted by Crippen LogP contribution is 2.24. The molecule has 2 fully saturated rings. The number of aromatic nitrogens is 3. The summed E-state index contributed by atoms with van der Waals surface area (Å²) < 4.78 is 30.9. The average molecular weight is 432 g/mol. The van der Waals surface area contributed by atoms with Gasteiger partial charge in [0, 0.05) is 56.7 Å². The Morgan fingerprint density at radius 1 is 0.933 bits per heavy atom. The number of nitrogens with zero attached hydrogens (tertiary/aromatic N) is 5. The molecule has 0 aliphatic carbocycles. The molecule has 4 heterocycles.